The van der Waals surface area contributed by atoms with Crippen molar-refractivity contribution in [2.24, 2.45) is 0 Å². The normalized spacial score (nSPS) is 16.5. The first-order valence-corrected chi connectivity index (χ1v) is 8.91. The second-order valence-electron chi connectivity index (χ2n) is 5.36. The van der Waals surface area contributed by atoms with Crippen molar-refractivity contribution in [3.63, 3.8) is 0 Å². The van der Waals surface area contributed by atoms with E-state index < -0.39 is 21.4 Å². The Morgan fingerprint density at radius 2 is 1.96 bits per heavy atom. The monoisotopic (exact) mass is 355 g/mol. The van der Waals surface area contributed by atoms with E-state index in [4.69, 9.17) is 4.74 Å². The molecule has 0 bridgehead atoms. The van der Waals surface area contributed by atoms with Gasteiger partial charge in [0.25, 0.3) is 0 Å². The van der Waals surface area contributed by atoms with Crippen LogP contribution in [0.5, 0.6) is 0 Å². The number of ether oxygens (including phenoxy) is 1. The molecule has 24 heavy (non-hydrogen) atoms. The van der Waals surface area contributed by atoms with Gasteiger partial charge in [0.15, 0.2) is 0 Å². The van der Waals surface area contributed by atoms with E-state index in [-0.39, 0.29) is 22.3 Å². The Hall–Kier alpha value is -2.01. The number of sulfonamides is 1. The van der Waals surface area contributed by atoms with Gasteiger partial charge in [-0.25, -0.2) is 22.7 Å². The van der Waals surface area contributed by atoms with Crippen molar-refractivity contribution in [2.75, 3.05) is 39.4 Å². The van der Waals surface area contributed by atoms with E-state index in [0.29, 0.717) is 19.8 Å². The first-order chi connectivity index (χ1) is 11.5. The van der Waals surface area contributed by atoms with Crippen molar-refractivity contribution in [1.82, 2.24) is 14.6 Å². The Morgan fingerprint density at radius 1 is 1.21 bits per heavy atom. The van der Waals surface area contributed by atoms with Gasteiger partial charge in [-0.1, -0.05) is 0 Å². The summed E-state index contributed by atoms with van der Waals surface area (Å²) in [7, 11) is -3.76. The number of nitrogens with one attached hydrogen (secondary N) is 2. The van der Waals surface area contributed by atoms with Crippen molar-refractivity contribution >= 4 is 20.9 Å². The largest absolute Gasteiger partial charge is 0.419 e. The first-order valence-electron chi connectivity index (χ1n) is 7.43. The lowest BCUT2D eigenvalue weighted by Crippen LogP contribution is -2.41. The van der Waals surface area contributed by atoms with Crippen molar-refractivity contribution in [3.05, 3.63) is 39.2 Å². The second-order valence-corrected chi connectivity index (χ2v) is 7.13. The number of aromatic nitrogens is 1. The minimum absolute atomic E-state index is 0.00524. The molecular weight excluding hydrogens is 338 g/mol. The van der Waals surface area contributed by atoms with Crippen LogP contribution in [0.25, 0.3) is 10.9 Å². The number of rotatable bonds is 5. The van der Waals surface area contributed by atoms with Crippen LogP contribution in [0, 0.1) is 0 Å². The summed E-state index contributed by atoms with van der Waals surface area (Å²) in [6.45, 7) is 3.65. The van der Waals surface area contributed by atoms with Crippen LogP contribution in [0.15, 0.2) is 37.1 Å². The van der Waals surface area contributed by atoms with Gasteiger partial charge in [-0.05, 0) is 18.2 Å². The minimum Gasteiger partial charge on any atom is -0.379 e. The fourth-order valence-corrected chi connectivity index (χ4v) is 3.54. The molecule has 1 aromatic carbocycles. The molecule has 2 N–H and O–H groups in total. The van der Waals surface area contributed by atoms with E-state index in [0.717, 1.165) is 13.1 Å². The molecule has 0 radical (unpaired) electrons. The Labute approximate surface area is 137 Å². The van der Waals surface area contributed by atoms with Gasteiger partial charge in [-0.15, -0.1) is 0 Å². The molecule has 0 unspecified atom stereocenters. The van der Waals surface area contributed by atoms with Gasteiger partial charge in [-0.3, -0.25) is 9.88 Å². The maximum atomic E-state index is 12.3. The maximum absolute atomic E-state index is 12.3. The van der Waals surface area contributed by atoms with Crippen LogP contribution in [0.2, 0.25) is 0 Å². The summed E-state index contributed by atoms with van der Waals surface area (Å²) in [5, 5.41) is 0.00524. The summed E-state index contributed by atoms with van der Waals surface area (Å²) in [6, 6.07) is 3.88. The van der Waals surface area contributed by atoms with Crippen LogP contribution in [0.3, 0.4) is 0 Å². The molecule has 2 aromatic rings. The maximum Gasteiger partial charge on any atom is 0.419 e. The molecule has 9 nitrogen and oxygen atoms in total. The minimum atomic E-state index is -3.76. The topological polar surface area (TPSA) is 122 Å². The number of nitrogens with zero attached hydrogens (tertiary/aromatic N) is 1. The van der Waals surface area contributed by atoms with E-state index in [1.807, 2.05) is 0 Å². The van der Waals surface area contributed by atoms with Crippen LogP contribution in [-0.2, 0) is 14.8 Å². The summed E-state index contributed by atoms with van der Waals surface area (Å²) in [6.07, 6.45) is 0. The molecule has 0 aliphatic carbocycles. The zero-order valence-electron chi connectivity index (χ0n) is 12.8. The summed E-state index contributed by atoms with van der Waals surface area (Å²) in [4.78, 5) is 27.2. The fourth-order valence-electron chi connectivity index (χ4n) is 2.49. The van der Waals surface area contributed by atoms with E-state index in [2.05, 4.69) is 19.0 Å². The predicted molar refractivity (Wildman–Crippen MR) is 85.6 cm³/mol. The molecule has 3 rings (SSSR count). The third-order valence-corrected chi connectivity index (χ3v) is 5.23. The summed E-state index contributed by atoms with van der Waals surface area (Å²) < 4.78 is 36.8. The van der Waals surface area contributed by atoms with E-state index >= 15 is 0 Å². The van der Waals surface area contributed by atoms with Crippen LogP contribution in [0.4, 0.5) is 0 Å². The molecule has 2 heterocycles. The molecule has 1 saturated heterocycles. The van der Waals surface area contributed by atoms with Gasteiger partial charge in [0.05, 0.1) is 29.0 Å². The van der Waals surface area contributed by atoms with Crippen LogP contribution in [0.1, 0.15) is 0 Å². The first kappa shape index (κ1) is 16.8. The lowest BCUT2D eigenvalue weighted by Gasteiger charge is -2.26. The van der Waals surface area contributed by atoms with Crippen molar-refractivity contribution in [1.29, 1.82) is 0 Å². The van der Waals surface area contributed by atoms with Gasteiger partial charge in [0.2, 0.25) is 10.0 Å². The quantitative estimate of drug-likeness (QED) is 0.712. The highest BCUT2D eigenvalue weighted by Gasteiger charge is 2.17. The number of hydrogen-bond acceptors (Lipinski definition) is 7. The third kappa shape index (κ3) is 3.73. The van der Waals surface area contributed by atoms with Gasteiger partial charge < -0.3 is 9.15 Å². The summed E-state index contributed by atoms with van der Waals surface area (Å²) in [5.41, 5.74) is -0.650. The molecule has 130 valence electrons. The molecule has 0 spiro atoms. The second kappa shape index (κ2) is 6.85. The van der Waals surface area contributed by atoms with Crippen molar-refractivity contribution in [3.8, 4) is 0 Å². The molecule has 1 aliphatic rings. The molecule has 0 atom stereocenters. The summed E-state index contributed by atoms with van der Waals surface area (Å²) in [5.74, 6) is -0.883. The fraction of sp³-hybridized carbons (Fsp3) is 0.429. The highest BCUT2D eigenvalue weighted by Crippen LogP contribution is 2.14. The Morgan fingerprint density at radius 3 is 2.71 bits per heavy atom. The van der Waals surface area contributed by atoms with E-state index in [1.54, 1.807) is 0 Å². The summed E-state index contributed by atoms with van der Waals surface area (Å²) >= 11 is 0. The number of aromatic amines is 1. The molecule has 10 heteroatoms. The highest BCUT2D eigenvalue weighted by atomic mass is 32.2. The lowest BCUT2D eigenvalue weighted by atomic mass is 10.2. The Kier molecular flexibility index (Phi) is 4.81. The Balaban J connectivity index is 1.75. The van der Waals surface area contributed by atoms with E-state index in [1.165, 1.54) is 18.2 Å². The van der Waals surface area contributed by atoms with Crippen molar-refractivity contribution < 1.29 is 17.6 Å². The number of fused-ring (bicyclic) bond motifs is 1. The van der Waals surface area contributed by atoms with Gasteiger partial charge >= 0.3 is 11.4 Å². The van der Waals surface area contributed by atoms with Crippen LogP contribution < -0.4 is 16.1 Å². The average molecular weight is 355 g/mol. The molecule has 0 saturated carbocycles. The molecule has 0 amide bonds. The third-order valence-electron chi connectivity index (χ3n) is 3.77. The smallest absolute Gasteiger partial charge is 0.379 e. The molecule has 1 aromatic heterocycles. The number of H-pyrrole nitrogens is 1. The predicted octanol–water partition coefficient (Wildman–Crippen LogP) is -0.908. The molecule has 1 fully saturated rings. The van der Waals surface area contributed by atoms with Crippen molar-refractivity contribution in [2.45, 2.75) is 4.90 Å². The molecular formula is C14H17N3O6S. The number of hydrogen-bond donors (Lipinski definition) is 2. The van der Waals surface area contributed by atoms with Gasteiger partial charge in [0, 0.05) is 26.2 Å². The number of benzene rings is 1. The van der Waals surface area contributed by atoms with Crippen LogP contribution >= 0.6 is 0 Å². The van der Waals surface area contributed by atoms with Crippen LogP contribution in [-0.4, -0.2) is 57.7 Å². The van der Waals surface area contributed by atoms with E-state index in [9.17, 15) is 18.0 Å². The zero-order valence-corrected chi connectivity index (χ0v) is 13.6. The average Bonchev–Trinajstić information content (AvgIpc) is 2.55. The van der Waals surface area contributed by atoms with Gasteiger partial charge in [0.1, 0.15) is 0 Å². The standard InChI is InChI=1S/C14H17N3O6S/c18-13-11-9-10(1-2-12(11)16-14(19)23-13)24(20,21)15-3-4-17-5-7-22-8-6-17/h1-2,9,15H,3-8H2,(H,16,19). The Bertz CT molecular complexity index is 943. The highest BCUT2D eigenvalue weighted by molar-refractivity contribution is 7.89. The zero-order chi connectivity index (χ0) is 17.2. The molecule has 1 aliphatic heterocycles. The lowest BCUT2D eigenvalue weighted by molar-refractivity contribution is 0.0390. The number of morpholine rings is 1. The van der Waals surface area contributed by atoms with Gasteiger partial charge in [-0.2, -0.15) is 0 Å². The SMILES string of the molecule is O=c1[nH]c2ccc(S(=O)(=O)NCCN3CCOCC3)cc2c(=O)o1.